The highest BCUT2D eigenvalue weighted by molar-refractivity contribution is 9.10. The molecule has 27 heavy (non-hydrogen) atoms. The second-order valence-electron chi connectivity index (χ2n) is 6.77. The average molecular weight is 427 g/mol. The van der Waals surface area contributed by atoms with Gasteiger partial charge in [0.2, 0.25) is 5.91 Å². The maximum atomic E-state index is 12.7. The van der Waals surface area contributed by atoms with Crippen LogP contribution in [0.1, 0.15) is 29.0 Å². The van der Waals surface area contributed by atoms with Crippen molar-refractivity contribution in [3.05, 3.63) is 70.4 Å². The van der Waals surface area contributed by atoms with E-state index in [1.165, 1.54) is 0 Å². The molecule has 1 fully saturated rings. The molecule has 0 saturated heterocycles. The topological polar surface area (TPSA) is 71.3 Å². The van der Waals surface area contributed by atoms with Gasteiger partial charge in [0.1, 0.15) is 11.6 Å². The summed E-state index contributed by atoms with van der Waals surface area (Å²) in [5.74, 6) is -0.369. The number of fused-ring (bicyclic) bond motifs is 1. The van der Waals surface area contributed by atoms with Crippen molar-refractivity contribution in [2.75, 3.05) is 0 Å². The number of hydrogen-bond donors (Lipinski definition) is 2. The predicted molar refractivity (Wildman–Crippen MR) is 106 cm³/mol. The molecule has 1 aliphatic carbocycles. The van der Waals surface area contributed by atoms with Crippen molar-refractivity contribution in [3.63, 3.8) is 0 Å². The first-order chi connectivity index (χ1) is 13.1. The summed E-state index contributed by atoms with van der Waals surface area (Å²) in [4.78, 5) is 25.4. The minimum Gasteiger partial charge on any atom is -0.450 e. The SMILES string of the molecule is O=C(NC(Cc1ccccc1)C(=O)NC1CC1)c1cc2cccc(Br)c2o1. The molecule has 0 bridgehead atoms. The predicted octanol–water partition coefficient (Wildman–Crippen LogP) is 3.82. The van der Waals surface area contributed by atoms with Gasteiger partial charge in [0.15, 0.2) is 5.76 Å². The van der Waals surface area contributed by atoms with Gasteiger partial charge in [-0.3, -0.25) is 9.59 Å². The van der Waals surface area contributed by atoms with Crippen LogP contribution in [0.25, 0.3) is 11.0 Å². The Balaban J connectivity index is 1.54. The number of halogens is 1. The fraction of sp³-hybridized carbons (Fsp3) is 0.238. The lowest BCUT2D eigenvalue weighted by atomic mass is 10.0. The molecule has 2 aromatic carbocycles. The Labute approximate surface area is 165 Å². The van der Waals surface area contributed by atoms with E-state index in [2.05, 4.69) is 26.6 Å². The van der Waals surface area contributed by atoms with Crippen molar-refractivity contribution in [2.24, 2.45) is 0 Å². The summed E-state index contributed by atoms with van der Waals surface area (Å²) >= 11 is 3.42. The summed E-state index contributed by atoms with van der Waals surface area (Å²) in [7, 11) is 0. The number of carbonyl (C=O) groups excluding carboxylic acids is 2. The van der Waals surface area contributed by atoms with E-state index in [0.717, 1.165) is 28.3 Å². The molecule has 2 N–H and O–H groups in total. The fourth-order valence-electron chi connectivity index (χ4n) is 2.96. The lowest BCUT2D eigenvalue weighted by Gasteiger charge is -2.18. The normalized spacial score (nSPS) is 14.7. The fourth-order valence-corrected chi connectivity index (χ4v) is 3.42. The molecule has 6 heteroatoms. The van der Waals surface area contributed by atoms with E-state index in [-0.39, 0.29) is 17.7 Å². The van der Waals surface area contributed by atoms with Crippen LogP contribution >= 0.6 is 15.9 Å². The number of amides is 2. The summed E-state index contributed by atoms with van der Waals surface area (Å²) in [6, 6.07) is 16.5. The Hall–Kier alpha value is -2.60. The summed E-state index contributed by atoms with van der Waals surface area (Å²) in [6.45, 7) is 0. The van der Waals surface area contributed by atoms with Crippen LogP contribution in [0, 0.1) is 0 Å². The summed E-state index contributed by atoms with van der Waals surface area (Å²) < 4.78 is 6.48. The number of hydrogen-bond acceptors (Lipinski definition) is 3. The Bertz CT molecular complexity index is 980. The molecule has 3 aromatic rings. The first-order valence-electron chi connectivity index (χ1n) is 8.93. The Morgan fingerprint density at radius 2 is 1.89 bits per heavy atom. The third-order valence-electron chi connectivity index (χ3n) is 4.55. The van der Waals surface area contributed by atoms with Gasteiger partial charge in [-0.15, -0.1) is 0 Å². The second kappa shape index (κ2) is 7.56. The van der Waals surface area contributed by atoms with Gasteiger partial charge >= 0.3 is 0 Å². The van der Waals surface area contributed by atoms with Gasteiger partial charge in [-0.25, -0.2) is 0 Å². The van der Waals surface area contributed by atoms with E-state index < -0.39 is 11.9 Å². The number of benzene rings is 2. The van der Waals surface area contributed by atoms with Crippen molar-refractivity contribution in [3.8, 4) is 0 Å². The molecule has 1 unspecified atom stereocenters. The van der Waals surface area contributed by atoms with Gasteiger partial charge in [-0.05, 0) is 46.5 Å². The zero-order valence-electron chi connectivity index (χ0n) is 14.6. The first kappa shape index (κ1) is 17.8. The largest absolute Gasteiger partial charge is 0.450 e. The molecular formula is C21H19BrN2O3. The molecule has 138 valence electrons. The summed E-state index contributed by atoms with van der Waals surface area (Å²) in [5.41, 5.74) is 1.60. The Morgan fingerprint density at radius 3 is 2.59 bits per heavy atom. The molecular weight excluding hydrogens is 408 g/mol. The van der Waals surface area contributed by atoms with Crippen LogP contribution in [-0.4, -0.2) is 23.9 Å². The molecule has 1 saturated carbocycles. The van der Waals surface area contributed by atoms with Gasteiger partial charge in [-0.1, -0.05) is 42.5 Å². The summed E-state index contributed by atoms with van der Waals surface area (Å²) in [6.07, 6.45) is 2.42. The molecule has 1 heterocycles. The van der Waals surface area contributed by atoms with Crippen LogP contribution in [0.2, 0.25) is 0 Å². The first-order valence-corrected chi connectivity index (χ1v) is 9.72. The lowest BCUT2D eigenvalue weighted by Crippen LogP contribution is -2.48. The zero-order valence-corrected chi connectivity index (χ0v) is 16.2. The highest BCUT2D eigenvalue weighted by Crippen LogP contribution is 2.27. The number of carbonyl (C=O) groups is 2. The van der Waals surface area contributed by atoms with Gasteiger partial charge in [0, 0.05) is 17.8 Å². The maximum Gasteiger partial charge on any atom is 0.287 e. The molecule has 1 atom stereocenters. The second-order valence-corrected chi connectivity index (χ2v) is 7.62. The van der Waals surface area contributed by atoms with E-state index in [4.69, 9.17) is 4.42 Å². The van der Waals surface area contributed by atoms with Crippen molar-refractivity contribution >= 4 is 38.7 Å². The molecule has 2 amide bonds. The monoisotopic (exact) mass is 426 g/mol. The van der Waals surface area contributed by atoms with Gasteiger partial charge in [-0.2, -0.15) is 0 Å². The van der Waals surface area contributed by atoms with E-state index in [1.807, 2.05) is 48.5 Å². The van der Waals surface area contributed by atoms with Gasteiger partial charge in [0.25, 0.3) is 5.91 Å². The van der Waals surface area contributed by atoms with Crippen LogP contribution < -0.4 is 10.6 Å². The van der Waals surface area contributed by atoms with E-state index in [1.54, 1.807) is 6.07 Å². The van der Waals surface area contributed by atoms with E-state index in [9.17, 15) is 9.59 Å². The van der Waals surface area contributed by atoms with Crippen LogP contribution in [0.15, 0.2) is 63.5 Å². The van der Waals surface area contributed by atoms with Crippen LogP contribution in [0.3, 0.4) is 0 Å². The number of furan rings is 1. The van der Waals surface area contributed by atoms with Crippen LogP contribution in [0.4, 0.5) is 0 Å². The van der Waals surface area contributed by atoms with Crippen molar-refractivity contribution in [1.29, 1.82) is 0 Å². The summed E-state index contributed by atoms with van der Waals surface area (Å²) in [5, 5.41) is 6.64. The zero-order chi connectivity index (χ0) is 18.8. The van der Waals surface area contributed by atoms with E-state index in [0.29, 0.717) is 12.0 Å². The third kappa shape index (κ3) is 4.22. The number of para-hydroxylation sites is 1. The van der Waals surface area contributed by atoms with Crippen molar-refractivity contribution < 1.29 is 14.0 Å². The quantitative estimate of drug-likeness (QED) is 0.629. The molecule has 1 aliphatic rings. The maximum absolute atomic E-state index is 12.7. The highest BCUT2D eigenvalue weighted by atomic mass is 79.9. The Morgan fingerprint density at radius 1 is 1.11 bits per heavy atom. The van der Waals surface area contributed by atoms with Gasteiger partial charge < -0.3 is 15.1 Å². The minimum atomic E-state index is -0.655. The number of nitrogens with one attached hydrogen (secondary N) is 2. The standard InChI is InChI=1S/C21H19BrN2O3/c22-16-8-4-7-14-12-18(27-19(14)16)21(26)24-17(20(25)23-15-9-10-15)11-13-5-2-1-3-6-13/h1-8,12,15,17H,9-11H2,(H,23,25)(H,24,26). The van der Waals surface area contributed by atoms with Crippen molar-refractivity contribution in [1.82, 2.24) is 10.6 Å². The smallest absolute Gasteiger partial charge is 0.287 e. The lowest BCUT2D eigenvalue weighted by molar-refractivity contribution is -0.123. The highest BCUT2D eigenvalue weighted by Gasteiger charge is 2.29. The van der Waals surface area contributed by atoms with Gasteiger partial charge in [0.05, 0.1) is 4.47 Å². The molecule has 4 rings (SSSR count). The Kier molecular flexibility index (Phi) is 4.99. The molecule has 5 nitrogen and oxygen atoms in total. The van der Waals surface area contributed by atoms with Crippen LogP contribution in [-0.2, 0) is 11.2 Å². The number of rotatable bonds is 6. The third-order valence-corrected chi connectivity index (χ3v) is 5.17. The minimum absolute atomic E-state index is 0.160. The van der Waals surface area contributed by atoms with Crippen molar-refractivity contribution in [2.45, 2.75) is 31.3 Å². The van der Waals surface area contributed by atoms with Crippen LogP contribution in [0.5, 0.6) is 0 Å². The molecule has 0 spiro atoms. The molecule has 0 radical (unpaired) electrons. The van der Waals surface area contributed by atoms with E-state index >= 15 is 0 Å². The molecule has 1 aromatic heterocycles. The molecule has 0 aliphatic heterocycles. The average Bonchev–Trinajstić information content (AvgIpc) is 3.36.